The van der Waals surface area contributed by atoms with Crippen molar-refractivity contribution in [1.29, 1.82) is 0 Å². The minimum absolute atomic E-state index is 0.0152. The second kappa shape index (κ2) is 5.97. The maximum Gasteiger partial charge on any atom is 0.265 e. The van der Waals surface area contributed by atoms with E-state index in [1.807, 2.05) is 13.8 Å². The molecule has 2 aliphatic carbocycles. The fourth-order valence-electron chi connectivity index (χ4n) is 4.22. The summed E-state index contributed by atoms with van der Waals surface area (Å²) in [4.78, 5) is 11.9. The van der Waals surface area contributed by atoms with Crippen molar-refractivity contribution in [3.63, 3.8) is 0 Å². The highest BCUT2D eigenvalue weighted by atomic mass is 32.2. The van der Waals surface area contributed by atoms with Gasteiger partial charge in [0, 0.05) is 6.42 Å². The van der Waals surface area contributed by atoms with Gasteiger partial charge in [0.1, 0.15) is 5.78 Å². The van der Waals surface area contributed by atoms with Gasteiger partial charge in [0.2, 0.25) is 0 Å². The Morgan fingerprint density at radius 1 is 1.24 bits per heavy atom. The largest absolute Gasteiger partial charge is 0.317 e. The van der Waals surface area contributed by atoms with Gasteiger partial charge in [-0.05, 0) is 50.1 Å². The zero-order valence-electron chi connectivity index (χ0n) is 13.0. The molecule has 1 heterocycles. The van der Waals surface area contributed by atoms with Gasteiger partial charge >= 0.3 is 0 Å². The molecule has 0 amide bonds. The SMILES string of the molecule is C1CCNCC1.CC1(C)C2CCC1(CS(=O)(=O)O)C(=O)C2. The Hall–Kier alpha value is -0.460. The molecule has 21 heavy (non-hydrogen) atoms. The second-order valence-corrected chi connectivity index (χ2v) is 8.66. The molecule has 1 aliphatic heterocycles. The summed E-state index contributed by atoms with van der Waals surface area (Å²) < 4.78 is 31.0. The first-order valence-corrected chi connectivity index (χ1v) is 9.49. The summed E-state index contributed by atoms with van der Waals surface area (Å²) in [6.45, 7) is 6.39. The van der Waals surface area contributed by atoms with Crippen LogP contribution in [0.25, 0.3) is 0 Å². The lowest BCUT2D eigenvalue weighted by atomic mass is 9.70. The van der Waals surface area contributed by atoms with Crippen molar-refractivity contribution in [1.82, 2.24) is 5.32 Å². The monoisotopic (exact) mass is 317 g/mol. The van der Waals surface area contributed by atoms with Crippen molar-refractivity contribution < 1.29 is 17.8 Å². The summed E-state index contributed by atoms with van der Waals surface area (Å²) in [5.41, 5.74) is -1.12. The zero-order valence-corrected chi connectivity index (χ0v) is 13.8. The van der Waals surface area contributed by atoms with Gasteiger partial charge < -0.3 is 5.32 Å². The van der Waals surface area contributed by atoms with Gasteiger partial charge in [-0.15, -0.1) is 0 Å². The third kappa shape index (κ3) is 3.32. The molecule has 3 aliphatic rings. The van der Waals surface area contributed by atoms with E-state index in [0.717, 1.165) is 6.42 Å². The summed E-state index contributed by atoms with van der Waals surface area (Å²) in [5.74, 6) is -0.101. The smallest absolute Gasteiger partial charge is 0.265 e. The summed E-state index contributed by atoms with van der Waals surface area (Å²) in [5, 5.41) is 3.28. The molecule has 122 valence electrons. The van der Waals surface area contributed by atoms with Crippen molar-refractivity contribution in [3.8, 4) is 0 Å². The van der Waals surface area contributed by atoms with Crippen LogP contribution in [0, 0.1) is 16.7 Å². The van der Waals surface area contributed by atoms with Crippen LogP contribution in [0.5, 0.6) is 0 Å². The highest BCUT2D eigenvalue weighted by Gasteiger charge is 2.65. The van der Waals surface area contributed by atoms with Crippen molar-refractivity contribution in [2.45, 2.75) is 52.4 Å². The number of carbonyl (C=O) groups excluding carboxylic acids is 1. The molecule has 2 saturated carbocycles. The first-order chi connectivity index (χ1) is 9.69. The zero-order chi connectivity index (χ0) is 15.7. The third-order valence-electron chi connectivity index (χ3n) is 5.78. The van der Waals surface area contributed by atoms with E-state index in [0.29, 0.717) is 12.8 Å². The Balaban J connectivity index is 0.000000225. The molecular formula is C15H27NO4S. The summed E-state index contributed by atoms with van der Waals surface area (Å²) in [6, 6.07) is 0. The summed E-state index contributed by atoms with van der Waals surface area (Å²) in [6.07, 6.45) is 6.19. The number of hydrogen-bond donors (Lipinski definition) is 2. The topological polar surface area (TPSA) is 83.5 Å². The van der Waals surface area contributed by atoms with Crippen LogP contribution in [0.15, 0.2) is 0 Å². The number of Topliss-reactive ketones (excluding diaryl/α,β-unsaturated/α-hetero) is 1. The number of hydrogen-bond acceptors (Lipinski definition) is 4. The number of fused-ring (bicyclic) bond motifs is 2. The van der Waals surface area contributed by atoms with Crippen molar-refractivity contribution in [2.24, 2.45) is 16.7 Å². The van der Waals surface area contributed by atoms with E-state index in [1.165, 1.54) is 32.4 Å². The van der Waals surface area contributed by atoms with Gasteiger partial charge in [-0.1, -0.05) is 20.3 Å². The molecular weight excluding hydrogens is 290 g/mol. The quantitative estimate of drug-likeness (QED) is 0.761. The second-order valence-electron chi connectivity index (χ2n) is 7.20. The average molecular weight is 317 g/mol. The first-order valence-electron chi connectivity index (χ1n) is 7.88. The Labute approximate surface area is 127 Å². The van der Waals surface area contributed by atoms with Gasteiger partial charge in [-0.3, -0.25) is 9.35 Å². The summed E-state index contributed by atoms with van der Waals surface area (Å²) in [7, 11) is -4.08. The van der Waals surface area contributed by atoms with Crippen molar-refractivity contribution >= 4 is 15.9 Å². The highest BCUT2D eigenvalue weighted by molar-refractivity contribution is 7.85. The molecule has 6 heteroatoms. The lowest BCUT2D eigenvalue weighted by Crippen LogP contribution is -2.42. The molecule has 0 aromatic rings. The normalized spacial score (nSPS) is 34.4. The molecule has 2 bridgehead atoms. The maximum atomic E-state index is 11.9. The van der Waals surface area contributed by atoms with E-state index in [9.17, 15) is 13.2 Å². The number of ketones is 1. The molecule has 0 aromatic heterocycles. The Kier molecular flexibility index (Phi) is 4.81. The standard InChI is InChI=1S/C10H16O4S.C5H11N/c1-9(2)7-3-4-10(9,8(11)5-7)6-15(12,13)14;1-2-4-6-5-3-1/h7H,3-6H2,1-2H3,(H,12,13,14);6H,1-5H2. The predicted octanol–water partition coefficient (Wildman–Crippen LogP) is 2.03. The van der Waals surface area contributed by atoms with Gasteiger partial charge in [-0.2, -0.15) is 8.42 Å². The Morgan fingerprint density at radius 3 is 2.14 bits per heavy atom. The molecule has 0 aromatic carbocycles. The van der Waals surface area contributed by atoms with E-state index in [-0.39, 0.29) is 17.1 Å². The predicted molar refractivity (Wildman–Crippen MR) is 81.7 cm³/mol. The minimum atomic E-state index is -4.08. The average Bonchev–Trinajstić information content (AvgIpc) is 2.73. The Bertz CT molecular complexity index is 484. The number of nitrogens with one attached hydrogen (secondary N) is 1. The van der Waals surface area contributed by atoms with Gasteiger partial charge in [0.15, 0.2) is 0 Å². The van der Waals surface area contributed by atoms with E-state index in [2.05, 4.69) is 5.32 Å². The van der Waals surface area contributed by atoms with Crippen LogP contribution in [0.2, 0.25) is 0 Å². The molecule has 2 atom stereocenters. The van der Waals surface area contributed by atoms with Crippen LogP contribution in [0.3, 0.4) is 0 Å². The van der Waals surface area contributed by atoms with E-state index < -0.39 is 21.3 Å². The van der Waals surface area contributed by atoms with Crippen LogP contribution in [0.1, 0.15) is 52.4 Å². The molecule has 5 nitrogen and oxygen atoms in total. The van der Waals surface area contributed by atoms with Gasteiger partial charge in [0.25, 0.3) is 10.1 Å². The van der Waals surface area contributed by atoms with Crippen LogP contribution < -0.4 is 5.32 Å². The molecule has 2 unspecified atom stereocenters. The molecule has 0 spiro atoms. The van der Waals surface area contributed by atoms with Crippen LogP contribution in [-0.4, -0.2) is 37.6 Å². The lowest BCUT2D eigenvalue weighted by molar-refractivity contribution is -0.128. The lowest BCUT2D eigenvalue weighted by Gasteiger charge is -2.35. The van der Waals surface area contributed by atoms with Crippen LogP contribution >= 0.6 is 0 Å². The van der Waals surface area contributed by atoms with Crippen LogP contribution in [0.4, 0.5) is 0 Å². The minimum Gasteiger partial charge on any atom is -0.317 e. The summed E-state index contributed by atoms with van der Waals surface area (Å²) >= 11 is 0. The first kappa shape index (κ1) is 16.9. The molecule has 1 saturated heterocycles. The van der Waals surface area contributed by atoms with Gasteiger partial charge in [0.05, 0.1) is 11.2 Å². The van der Waals surface area contributed by atoms with E-state index >= 15 is 0 Å². The highest BCUT2D eigenvalue weighted by Crippen LogP contribution is 2.64. The van der Waals surface area contributed by atoms with Crippen molar-refractivity contribution in [2.75, 3.05) is 18.8 Å². The fraction of sp³-hybridized carbons (Fsp3) is 0.933. The van der Waals surface area contributed by atoms with E-state index in [4.69, 9.17) is 4.55 Å². The Morgan fingerprint density at radius 2 is 1.86 bits per heavy atom. The molecule has 3 fully saturated rings. The third-order valence-corrected chi connectivity index (χ3v) is 6.63. The van der Waals surface area contributed by atoms with Crippen molar-refractivity contribution in [3.05, 3.63) is 0 Å². The number of carbonyl (C=O) groups is 1. The number of rotatable bonds is 2. The molecule has 3 rings (SSSR count). The fourth-order valence-corrected chi connectivity index (χ4v) is 5.52. The number of piperidine rings is 1. The maximum absolute atomic E-state index is 11.9. The molecule has 0 radical (unpaired) electrons. The van der Waals surface area contributed by atoms with Crippen LogP contribution in [-0.2, 0) is 14.9 Å². The van der Waals surface area contributed by atoms with E-state index in [1.54, 1.807) is 0 Å². The molecule has 2 N–H and O–H groups in total. The van der Waals surface area contributed by atoms with Gasteiger partial charge in [-0.25, -0.2) is 0 Å².